The standard InChI is InChI=1S/C17H18FN3/c1-2-9-19-10-12-11-20-17(21-12)15-7-8-16(18)14-6-4-3-5-13(14)15/h3-8,11,19H,2,9-10H2,1H3,(H,20,21). The number of aromatic amines is 1. The van der Waals surface area contributed by atoms with E-state index in [9.17, 15) is 4.39 Å². The van der Waals surface area contributed by atoms with E-state index < -0.39 is 0 Å². The summed E-state index contributed by atoms with van der Waals surface area (Å²) in [6.07, 6.45) is 2.93. The minimum Gasteiger partial charge on any atom is -0.341 e. The molecule has 3 aromatic rings. The first-order valence-corrected chi connectivity index (χ1v) is 7.22. The quantitative estimate of drug-likeness (QED) is 0.698. The van der Waals surface area contributed by atoms with Gasteiger partial charge in [0.1, 0.15) is 11.6 Å². The fourth-order valence-electron chi connectivity index (χ4n) is 2.45. The number of nitrogens with one attached hydrogen (secondary N) is 2. The Morgan fingerprint density at radius 1 is 1.14 bits per heavy atom. The van der Waals surface area contributed by atoms with Crippen molar-refractivity contribution in [1.82, 2.24) is 15.3 Å². The topological polar surface area (TPSA) is 40.7 Å². The molecule has 4 heteroatoms. The zero-order chi connectivity index (χ0) is 14.7. The van der Waals surface area contributed by atoms with Gasteiger partial charge in [0.2, 0.25) is 0 Å². The summed E-state index contributed by atoms with van der Waals surface area (Å²) in [7, 11) is 0. The van der Waals surface area contributed by atoms with Crippen LogP contribution < -0.4 is 5.32 Å². The van der Waals surface area contributed by atoms with Crippen molar-refractivity contribution >= 4 is 10.8 Å². The van der Waals surface area contributed by atoms with Crippen LogP contribution in [0.1, 0.15) is 19.0 Å². The second-order valence-electron chi connectivity index (χ2n) is 5.07. The van der Waals surface area contributed by atoms with E-state index in [1.165, 1.54) is 6.07 Å². The van der Waals surface area contributed by atoms with Crippen LogP contribution in [0.2, 0.25) is 0 Å². The maximum absolute atomic E-state index is 13.9. The van der Waals surface area contributed by atoms with Crippen molar-refractivity contribution in [3.8, 4) is 11.4 Å². The lowest BCUT2D eigenvalue weighted by molar-refractivity contribution is 0.640. The Morgan fingerprint density at radius 3 is 2.76 bits per heavy atom. The van der Waals surface area contributed by atoms with Gasteiger partial charge in [-0.2, -0.15) is 0 Å². The molecular weight excluding hydrogens is 265 g/mol. The SMILES string of the molecule is CCCNCc1cnc(-c2ccc(F)c3ccccc23)[nH]1. The van der Waals surface area contributed by atoms with E-state index in [0.717, 1.165) is 42.0 Å². The molecule has 0 unspecified atom stereocenters. The van der Waals surface area contributed by atoms with Gasteiger partial charge in [-0.25, -0.2) is 9.37 Å². The first kappa shape index (κ1) is 13.8. The highest BCUT2D eigenvalue weighted by Gasteiger charge is 2.10. The van der Waals surface area contributed by atoms with Gasteiger partial charge in [0, 0.05) is 29.4 Å². The summed E-state index contributed by atoms with van der Waals surface area (Å²) in [5.41, 5.74) is 1.96. The minimum absolute atomic E-state index is 0.203. The summed E-state index contributed by atoms with van der Waals surface area (Å²) in [5.74, 6) is 0.574. The van der Waals surface area contributed by atoms with E-state index in [4.69, 9.17) is 0 Å². The Labute approximate surface area is 123 Å². The largest absolute Gasteiger partial charge is 0.341 e. The van der Waals surface area contributed by atoms with Crippen LogP contribution in [0.25, 0.3) is 22.2 Å². The van der Waals surface area contributed by atoms with E-state index in [0.29, 0.717) is 5.39 Å². The lowest BCUT2D eigenvalue weighted by Gasteiger charge is -2.05. The predicted octanol–water partition coefficient (Wildman–Crippen LogP) is 3.87. The van der Waals surface area contributed by atoms with Crippen molar-refractivity contribution in [2.45, 2.75) is 19.9 Å². The summed E-state index contributed by atoms with van der Waals surface area (Å²) in [5, 5.41) is 4.83. The summed E-state index contributed by atoms with van der Waals surface area (Å²) in [6.45, 7) is 3.88. The Hall–Kier alpha value is -2.20. The van der Waals surface area contributed by atoms with Crippen LogP contribution in [-0.2, 0) is 6.54 Å². The first-order valence-electron chi connectivity index (χ1n) is 7.22. The highest BCUT2D eigenvalue weighted by molar-refractivity contribution is 5.95. The maximum atomic E-state index is 13.9. The van der Waals surface area contributed by atoms with Crippen LogP contribution in [0.5, 0.6) is 0 Å². The third-order valence-corrected chi connectivity index (χ3v) is 3.50. The van der Waals surface area contributed by atoms with E-state index in [2.05, 4.69) is 22.2 Å². The van der Waals surface area contributed by atoms with Crippen molar-refractivity contribution < 1.29 is 4.39 Å². The third-order valence-electron chi connectivity index (χ3n) is 3.50. The summed E-state index contributed by atoms with van der Waals surface area (Å²) < 4.78 is 13.9. The number of hydrogen-bond donors (Lipinski definition) is 2. The number of nitrogens with zero attached hydrogens (tertiary/aromatic N) is 1. The summed E-state index contributed by atoms with van der Waals surface area (Å²) in [6, 6.07) is 10.7. The van der Waals surface area contributed by atoms with Gasteiger partial charge in [-0.05, 0) is 30.5 Å². The van der Waals surface area contributed by atoms with Crippen LogP contribution in [-0.4, -0.2) is 16.5 Å². The van der Waals surface area contributed by atoms with Crippen molar-refractivity contribution in [3.63, 3.8) is 0 Å². The van der Waals surface area contributed by atoms with E-state index in [1.807, 2.05) is 24.4 Å². The van der Waals surface area contributed by atoms with E-state index in [-0.39, 0.29) is 5.82 Å². The van der Waals surface area contributed by atoms with E-state index >= 15 is 0 Å². The number of hydrogen-bond acceptors (Lipinski definition) is 2. The molecule has 3 nitrogen and oxygen atoms in total. The zero-order valence-corrected chi connectivity index (χ0v) is 12.0. The average molecular weight is 283 g/mol. The van der Waals surface area contributed by atoms with Crippen molar-refractivity contribution in [2.24, 2.45) is 0 Å². The number of imidazole rings is 1. The monoisotopic (exact) mass is 283 g/mol. The molecule has 2 aromatic carbocycles. The Balaban J connectivity index is 1.96. The molecule has 0 saturated carbocycles. The van der Waals surface area contributed by atoms with Crippen LogP contribution in [0.15, 0.2) is 42.6 Å². The molecule has 0 spiro atoms. The van der Waals surface area contributed by atoms with Crippen molar-refractivity contribution in [3.05, 3.63) is 54.1 Å². The molecule has 0 atom stereocenters. The molecule has 0 fully saturated rings. The molecule has 0 radical (unpaired) electrons. The maximum Gasteiger partial charge on any atom is 0.138 e. The molecule has 1 aromatic heterocycles. The number of aromatic nitrogens is 2. The smallest absolute Gasteiger partial charge is 0.138 e. The van der Waals surface area contributed by atoms with Gasteiger partial charge in [-0.3, -0.25) is 0 Å². The fraction of sp³-hybridized carbons (Fsp3) is 0.235. The molecule has 0 saturated heterocycles. The molecule has 2 N–H and O–H groups in total. The number of benzene rings is 2. The van der Waals surface area contributed by atoms with Gasteiger partial charge < -0.3 is 10.3 Å². The normalized spacial score (nSPS) is 11.1. The average Bonchev–Trinajstić information content (AvgIpc) is 2.97. The van der Waals surface area contributed by atoms with Gasteiger partial charge in [-0.15, -0.1) is 0 Å². The molecular formula is C17H18FN3. The first-order chi connectivity index (χ1) is 10.3. The zero-order valence-electron chi connectivity index (χ0n) is 12.0. The van der Waals surface area contributed by atoms with Crippen LogP contribution in [0, 0.1) is 5.82 Å². The molecule has 1 heterocycles. The van der Waals surface area contributed by atoms with Gasteiger partial charge in [-0.1, -0.05) is 31.2 Å². The van der Waals surface area contributed by atoms with Crippen molar-refractivity contribution in [2.75, 3.05) is 6.54 Å². The Morgan fingerprint density at radius 2 is 1.95 bits per heavy atom. The van der Waals surface area contributed by atoms with Gasteiger partial charge in [0.25, 0.3) is 0 Å². The van der Waals surface area contributed by atoms with Crippen LogP contribution in [0.3, 0.4) is 0 Å². The molecule has 0 amide bonds. The number of H-pyrrole nitrogens is 1. The number of rotatable bonds is 5. The Kier molecular flexibility index (Phi) is 3.97. The summed E-state index contributed by atoms with van der Waals surface area (Å²) in [4.78, 5) is 7.73. The predicted molar refractivity (Wildman–Crippen MR) is 83.5 cm³/mol. The van der Waals surface area contributed by atoms with Crippen molar-refractivity contribution in [1.29, 1.82) is 0 Å². The van der Waals surface area contributed by atoms with Gasteiger partial charge >= 0.3 is 0 Å². The summed E-state index contributed by atoms with van der Waals surface area (Å²) >= 11 is 0. The number of fused-ring (bicyclic) bond motifs is 1. The highest BCUT2D eigenvalue weighted by atomic mass is 19.1. The fourth-order valence-corrected chi connectivity index (χ4v) is 2.45. The molecule has 0 aliphatic heterocycles. The van der Waals surface area contributed by atoms with Gasteiger partial charge in [0.05, 0.1) is 0 Å². The van der Waals surface area contributed by atoms with E-state index in [1.54, 1.807) is 12.1 Å². The molecule has 0 bridgehead atoms. The molecule has 21 heavy (non-hydrogen) atoms. The highest BCUT2D eigenvalue weighted by Crippen LogP contribution is 2.28. The molecule has 0 aliphatic carbocycles. The lowest BCUT2D eigenvalue weighted by atomic mass is 10.0. The molecule has 108 valence electrons. The minimum atomic E-state index is -0.203. The Bertz CT molecular complexity index is 749. The number of halogens is 1. The third kappa shape index (κ3) is 2.81. The lowest BCUT2D eigenvalue weighted by Crippen LogP contribution is -2.13. The van der Waals surface area contributed by atoms with Crippen LogP contribution in [0.4, 0.5) is 4.39 Å². The van der Waals surface area contributed by atoms with Crippen LogP contribution >= 0.6 is 0 Å². The molecule has 0 aliphatic rings. The molecule has 3 rings (SSSR count). The second kappa shape index (κ2) is 6.06. The van der Waals surface area contributed by atoms with Gasteiger partial charge in [0.15, 0.2) is 0 Å². The second-order valence-corrected chi connectivity index (χ2v) is 5.07.